The summed E-state index contributed by atoms with van der Waals surface area (Å²) < 4.78 is 26.3. The molecule has 0 spiro atoms. The summed E-state index contributed by atoms with van der Waals surface area (Å²) >= 11 is 0. The first-order valence-corrected chi connectivity index (χ1v) is 12.5. The molecule has 2 aliphatic rings. The van der Waals surface area contributed by atoms with Crippen molar-refractivity contribution in [3.8, 4) is 0 Å². The molecule has 1 amide bonds. The number of nitrogens with one attached hydrogen (secondary N) is 1. The highest BCUT2D eigenvalue weighted by atomic mass is 32.2. The molecule has 2 saturated carbocycles. The molecule has 2 aromatic carbocycles. The van der Waals surface area contributed by atoms with Crippen LogP contribution in [0.25, 0.3) is 0 Å². The van der Waals surface area contributed by atoms with Crippen molar-refractivity contribution in [2.45, 2.75) is 52.1 Å². The summed E-state index contributed by atoms with van der Waals surface area (Å²) in [6.07, 6.45) is 6.12. The van der Waals surface area contributed by atoms with Crippen molar-refractivity contribution in [3.05, 3.63) is 64.7 Å². The van der Waals surface area contributed by atoms with E-state index in [0.717, 1.165) is 29.0 Å². The average molecular weight is 427 g/mol. The van der Waals surface area contributed by atoms with Crippen molar-refractivity contribution in [2.24, 2.45) is 11.8 Å². The maximum Gasteiger partial charge on any atom is 0.251 e. The van der Waals surface area contributed by atoms with Crippen molar-refractivity contribution in [3.63, 3.8) is 0 Å². The van der Waals surface area contributed by atoms with Crippen LogP contribution in [-0.4, -0.2) is 26.6 Å². The topological polar surface area (TPSA) is 66.5 Å². The Balaban J connectivity index is 1.47. The molecule has 2 bridgehead atoms. The Morgan fingerprint density at radius 1 is 1.03 bits per heavy atom. The first kappa shape index (κ1) is 20.9. The Kier molecular flexibility index (Phi) is 5.62. The third-order valence-corrected chi connectivity index (χ3v) is 7.92. The van der Waals surface area contributed by atoms with Crippen molar-refractivity contribution in [2.75, 3.05) is 10.6 Å². The molecule has 4 rings (SSSR count). The fourth-order valence-corrected chi connectivity index (χ4v) is 5.76. The molecule has 0 aromatic heterocycles. The van der Waals surface area contributed by atoms with E-state index in [-0.39, 0.29) is 12.5 Å². The van der Waals surface area contributed by atoms with Crippen molar-refractivity contribution in [1.82, 2.24) is 5.32 Å². The van der Waals surface area contributed by atoms with Gasteiger partial charge in [-0.05, 0) is 85.9 Å². The largest absolute Gasteiger partial charge is 0.349 e. The molecule has 2 aromatic rings. The van der Waals surface area contributed by atoms with Gasteiger partial charge < -0.3 is 5.32 Å². The molecule has 0 saturated heterocycles. The second kappa shape index (κ2) is 8.06. The summed E-state index contributed by atoms with van der Waals surface area (Å²) in [4.78, 5) is 12.6. The minimum atomic E-state index is -3.44. The first-order chi connectivity index (χ1) is 14.2. The Labute approximate surface area is 179 Å². The molecule has 6 heteroatoms. The van der Waals surface area contributed by atoms with Crippen LogP contribution in [0.4, 0.5) is 5.69 Å². The average Bonchev–Trinajstić information content (AvgIpc) is 3.31. The summed E-state index contributed by atoms with van der Waals surface area (Å²) in [6.45, 7) is 4.21. The monoisotopic (exact) mass is 426 g/mol. The van der Waals surface area contributed by atoms with Crippen LogP contribution < -0.4 is 9.62 Å². The van der Waals surface area contributed by atoms with Gasteiger partial charge in [-0.1, -0.05) is 24.6 Å². The molecule has 1 N–H and O–H groups in total. The van der Waals surface area contributed by atoms with Gasteiger partial charge in [0.25, 0.3) is 5.91 Å². The van der Waals surface area contributed by atoms with Crippen LogP contribution in [0.2, 0.25) is 0 Å². The van der Waals surface area contributed by atoms with Crippen LogP contribution in [-0.2, 0) is 16.6 Å². The molecule has 0 unspecified atom stereocenters. The summed E-state index contributed by atoms with van der Waals surface area (Å²) in [7, 11) is -3.44. The lowest BCUT2D eigenvalue weighted by molar-refractivity contribution is 0.0923. The normalized spacial score (nSPS) is 22.8. The molecule has 5 nitrogen and oxygen atoms in total. The van der Waals surface area contributed by atoms with E-state index in [0.29, 0.717) is 23.2 Å². The van der Waals surface area contributed by atoms with Gasteiger partial charge in [0, 0.05) is 11.6 Å². The van der Waals surface area contributed by atoms with Crippen LogP contribution in [0.3, 0.4) is 0 Å². The minimum Gasteiger partial charge on any atom is -0.349 e. The predicted octanol–water partition coefficient (Wildman–Crippen LogP) is 4.19. The lowest BCUT2D eigenvalue weighted by atomic mass is 9.95. The number of sulfonamides is 1. The Hall–Kier alpha value is -2.34. The third kappa shape index (κ3) is 4.38. The standard InChI is InChI=1S/C24H30N2O3S/c1-16-4-11-22(12-17(16)2)26(30(3,28)29)15-18-5-8-20(9-6-18)24(27)25-23-14-19-7-10-21(23)13-19/h4-6,8-9,11-12,19,21,23H,7,10,13-15H2,1-3H3,(H,25,27)/t19-,21-,23+/m1/s1. The number of rotatable bonds is 6. The van der Waals surface area contributed by atoms with Crippen LogP contribution >= 0.6 is 0 Å². The van der Waals surface area contributed by atoms with E-state index in [9.17, 15) is 13.2 Å². The molecule has 3 atom stereocenters. The van der Waals surface area contributed by atoms with Crippen LogP contribution in [0, 0.1) is 25.7 Å². The number of fused-ring (bicyclic) bond motifs is 2. The highest BCUT2D eigenvalue weighted by molar-refractivity contribution is 7.92. The Bertz CT molecular complexity index is 1050. The van der Waals surface area contributed by atoms with Gasteiger partial charge in [0.15, 0.2) is 0 Å². The molecule has 0 radical (unpaired) electrons. The van der Waals surface area contributed by atoms with Gasteiger partial charge in [-0.25, -0.2) is 8.42 Å². The lowest BCUT2D eigenvalue weighted by Crippen LogP contribution is -2.38. The Morgan fingerprint density at radius 2 is 1.77 bits per heavy atom. The van der Waals surface area contributed by atoms with Crippen LogP contribution in [0.1, 0.15) is 52.7 Å². The number of carbonyl (C=O) groups is 1. The van der Waals surface area contributed by atoms with Crippen molar-refractivity contribution < 1.29 is 13.2 Å². The number of hydrogen-bond acceptors (Lipinski definition) is 3. The van der Waals surface area contributed by atoms with Gasteiger partial charge in [-0.15, -0.1) is 0 Å². The number of amides is 1. The number of nitrogens with zero attached hydrogens (tertiary/aromatic N) is 1. The summed E-state index contributed by atoms with van der Waals surface area (Å²) in [5.41, 5.74) is 4.29. The lowest BCUT2D eigenvalue weighted by Gasteiger charge is -2.24. The van der Waals surface area contributed by atoms with Gasteiger partial charge >= 0.3 is 0 Å². The fraction of sp³-hybridized carbons (Fsp3) is 0.458. The zero-order valence-electron chi connectivity index (χ0n) is 17.9. The summed E-state index contributed by atoms with van der Waals surface area (Å²) in [6, 6.07) is 13.2. The maximum absolute atomic E-state index is 12.6. The third-order valence-electron chi connectivity index (χ3n) is 6.78. The second-order valence-corrected chi connectivity index (χ2v) is 10.9. The van der Waals surface area contributed by atoms with E-state index in [1.807, 2.05) is 44.2 Å². The zero-order valence-corrected chi connectivity index (χ0v) is 18.7. The SMILES string of the molecule is Cc1ccc(N(Cc2ccc(C(=O)N[C@H]3C[C@@H]4CC[C@@H]3C4)cc2)S(C)(=O)=O)cc1C. The molecule has 160 valence electrons. The quantitative estimate of drug-likeness (QED) is 0.753. The molecule has 2 fully saturated rings. The highest BCUT2D eigenvalue weighted by Crippen LogP contribution is 2.44. The number of carbonyl (C=O) groups excluding carboxylic acids is 1. The van der Waals surface area contributed by atoms with E-state index in [2.05, 4.69) is 5.32 Å². The van der Waals surface area contributed by atoms with Crippen LogP contribution in [0.5, 0.6) is 0 Å². The second-order valence-electron chi connectivity index (χ2n) is 8.99. The highest BCUT2D eigenvalue weighted by Gasteiger charge is 2.40. The van der Waals surface area contributed by atoms with Gasteiger partial charge in [-0.2, -0.15) is 0 Å². The van der Waals surface area contributed by atoms with E-state index < -0.39 is 10.0 Å². The van der Waals surface area contributed by atoms with Crippen molar-refractivity contribution >= 4 is 21.6 Å². The first-order valence-electron chi connectivity index (χ1n) is 10.7. The maximum atomic E-state index is 12.6. The number of benzene rings is 2. The molecule has 0 heterocycles. The van der Waals surface area contributed by atoms with E-state index in [1.165, 1.54) is 29.8 Å². The summed E-state index contributed by atoms with van der Waals surface area (Å²) in [5.74, 6) is 1.39. The number of anilines is 1. The molecular formula is C24H30N2O3S. The van der Waals surface area contributed by atoms with E-state index in [1.54, 1.807) is 12.1 Å². The van der Waals surface area contributed by atoms with Gasteiger partial charge in [0.2, 0.25) is 10.0 Å². The van der Waals surface area contributed by atoms with Gasteiger partial charge in [0.05, 0.1) is 18.5 Å². The van der Waals surface area contributed by atoms with E-state index in [4.69, 9.17) is 0 Å². The summed E-state index contributed by atoms with van der Waals surface area (Å²) in [5, 5.41) is 3.20. The molecule has 2 aliphatic carbocycles. The fourth-order valence-electron chi connectivity index (χ4n) is 4.88. The zero-order chi connectivity index (χ0) is 21.5. The molecule has 0 aliphatic heterocycles. The van der Waals surface area contributed by atoms with E-state index >= 15 is 0 Å². The smallest absolute Gasteiger partial charge is 0.251 e. The van der Waals surface area contributed by atoms with Crippen LogP contribution in [0.15, 0.2) is 42.5 Å². The molecule has 30 heavy (non-hydrogen) atoms. The minimum absolute atomic E-state index is 0.0340. The van der Waals surface area contributed by atoms with Crippen molar-refractivity contribution in [1.29, 1.82) is 0 Å². The molecular weight excluding hydrogens is 396 g/mol. The van der Waals surface area contributed by atoms with Gasteiger partial charge in [0.1, 0.15) is 0 Å². The number of aryl methyl sites for hydroxylation is 2. The Morgan fingerprint density at radius 3 is 2.33 bits per heavy atom. The number of hydrogen-bond donors (Lipinski definition) is 1. The van der Waals surface area contributed by atoms with Gasteiger partial charge in [-0.3, -0.25) is 9.10 Å². The predicted molar refractivity (Wildman–Crippen MR) is 120 cm³/mol.